The summed E-state index contributed by atoms with van der Waals surface area (Å²) in [5.74, 6) is 0.896. The summed E-state index contributed by atoms with van der Waals surface area (Å²) in [5, 5.41) is 1.33. The van der Waals surface area contributed by atoms with Crippen LogP contribution >= 0.6 is 0 Å². The van der Waals surface area contributed by atoms with Crippen molar-refractivity contribution >= 4 is 17.7 Å². The van der Waals surface area contributed by atoms with Crippen LogP contribution in [0.2, 0.25) is 5.09 Å². The maximum atomic E-state index is 2.62. The number of hydrogen-bond donors (Lipinski definition) is 0. The second-order valence-corrected chi connectivity index (χ2v) is 3.87. The summed E-state index contributed by atoms with van der Waals surface area (Å²) in [5.41, 5.74) is 0. The van der Waals surface area contributed by atoms with Gasteiger partial charge in [-0.3, -0.25) is 0 Å². The molecule has 0 aliphatic carbocycles. The Labute approximate surface area is 79.7 Å². The van der Waals surface area contributed by atoms with Gasteiger partial charge in [-0.15, -0.1) is 0 Å². The first-order valence-corrected chi connectivity index (χ1v) is 5.05. The van der Waals surface area contributed by atoms with Gasteiger partial charge >= 0.3 is 79.4 Å². The van der Waals surface area contributed by atoms with Crippen LogP contribution in [0.15, 0.2) is 0 Å². The number of nitrogens with zero attached hydrogens (tertiary/aromatic N) is 1. The Morgan fingerprint density at radius 1 is 1.27 bits per heavy atom. The van der Waals surface area contributed by atoms with Crippen molar-refractivity contribution in [2.24, 2.45) is 5.92 Å². The van der Waals surface area contributed by atoms with Crippen molar-refractivity contribution in [3.8, 4) is 0 Å². The van der Waals surface area contributed by atoms with E-state index in [-0.39, 0.29) is 0 Å². The van der Waals surface area contributed by atoms with Gasteiger partial charge in [0.05, 0.1) is 0 Å². The van der Waals surface area contributed by atoms with Crippen molar-refractivity contribution in [2.45, 2.75) is 31.3 Å². The molecule has 60 valence electrons. The fraction of sp³-hybridized carbons (Fsp3) is 1.00. The molecule has 1 fully saturated rings. The molecule has 1 aliphatic heterocycles. The molecule has 1 rings (SSSR count). The van der Waals surface area contributed by atoms with Gasteiger partial charge in [0.2, 0.25) is 0 Å². The summed E-state index contributed by atoms with van der Waals surface area (Å²) in [4.78, 5) is 2.62. The molecule has 0 aromatic heterocycles. The number of rotatable bonds is 3. The number of hydrogen-bond acceptors (Lipinski definition) is 1. The van der Waals surface area contributed by atoms with E-state index in [9.17, 15) is 0 Å². The Kier molecular flexibility index (Phi) is 4.60. The predicted octanol–water partition coefficient (Wildman–Crippen LogP) is 1.70. The van der Waals surface area contributed by atoms with Crippen LogP contribution in [-0.2, 0) is 0 Å². The van der Waals surface area contributed by atoms with Crippen LogP contribution in [0.4, 0.5) is 0 Å². The molecule has 1 aliphatic rings. The molecule has 2 heteroatoms. The van der Waals surface area contributed by atoms with Crippen molar-refractivity contribution in [2.75, 3.05) is 19.6 Å². The van der Waals surface area contributed by atoms with E-state index >= 15 is 0 Å². The molecule has 1 nitrogen and oxygen atoms in total. The first-order chi connectivity index (χ1) is 5.33. The Morgan fingerprint density at radius 2 is 1.91 bits per heavy atom. The van der Waals surface area contributed by atoms with Gasteiger partial charge in [-0.05, 0) is 0 Å². The van der Waals surface area contributed by atoms with Crippen LogP contribution in [0.25, 0.3) is 0 Å². The van der Waals surface area contributed by atoms with E-state index in [0.29, 0.717) is 0 Å². The minimum absolute atomic E-state index is 0.896. The zero-order valence-electron chi connectivity index (χ0n) is 7.97. The van der Waals surface area contributed by atoms with Gasteiger partial charge in [-0.25, -0.2) is 0 Å². The molecule has 0 radical (unpaired) electrons. The van der Waals surface area contributed by atoms with E-state index in [0.717, 1.165) is 5.92 Å². The van der Waals surface area contributed by atoms with E-state index in [4.69, 9.17) is 0 Å². The molecule has 11 heavy (non-hydrogen) atoms. The third kappa shape index (κ3) is 3.65. The summed E-state index contributed by atoms with van der Waals surface area (Å²) in [7, 11) is 0. The summed E-state index contributed by atoms with van der Waals surface area (Å²) < 4.78 is 0. The molecule has 0 aromatic rings. The fourth-order valence-electron chi connectivity index (χ4n) is 1.71. The van der Waals surface area contributed by atoms with Gasteiger partial charge in [0.15, 0.2) is 0 Å². The molecule has 1 unspecified atom stereocenters. The van der Waals surface area contributed by atoms with Gasteiger partial charge in [-0.2, -0.15) is 0 Å². The zero-order chi connectivity index (χ0) is 8.10. The molecule has 0 bridgehead atoms. The van der Waals surface area contributed by atoms with Crippen LogP contribution in [0.5, 0.6) is 0 Å². The molecule has 0 N–H and O–H groups in total. The fourth-order valence-corrected chi connectivity index (χ4v) is 1.71. The summed E-state index contributed by atoms with van der Waals surface area (Å²) in [6.07, 6.45) is 4.31. The Bertz CT molecular complexity index is 99.7. The van der Waals surface area contributed by atoms with E-state index in [1.54, 1.807) is 0 Å². The van der Waals surface area contributed by atoms with Crippen LogP contribution < -0.4 is 0 Å². The quantitative estimate of drug-likeness (QED) is 0.549. The molecule has 1 saturated heterocycles. The van der Waals surface area contributed by atoms with Gasteiger partial charge in [0, 0.05) is 0 Å². The first kappa shape index (κ1) is 9.64. The average Bonchev–Trinajstić information content (AvgIpc) is 2.06. The standard InChI is InChI=1S/C9H18N.Li/c1-9(2)8-10-6-4-3-5-7-10;/h9H,1,3-8H2,2H3;. The molecular weight excluding hydrogens is 129 g/mol. The number of likely N-dealkylation sites (tertiary alicyclic amines) is 1. The van der Waals surface area contributed by atoms with E-state index in [2.05, 4.69) is 29.5 Å². The van der Waals surface area contributed by atoms with Gasteiger partial charge in [0.25, 0.3) is 0 Å². The minimum atomic E-state index is 0.896. The number of piperidine rings is 1. The van der Waals surface area contributed by atoms with Crippen LogP contribution in [0, 0.1) is 5.92 Å². The van der Waals surface area contributed by atoms with Crippen molar-refractivity contribution in [1.82, 2.24) is 4.90 Å². The van der Waals surface area contributed by atoms with Crippen LogP contribution in [-0.4, -0.2) is 42.2 Å². The normalized spacial score (nSPS) is 23.5. The van der Waals surface area contributed by atoms with Crippen LogP contribution in [0.1, 0.15) is 26.2 Å². The first-order valence-electron chi connectivity index (χ1n) is 5.05. The van der Waals surface area contributed by atoms with Crippen molar-refractivity contribution < 1.29 is 0 Å². The van der Waals surface area contributed by atoms with Crippen molar-refractivity contribution in [1.29, 1.82) is 0 Å². The Hall–Kier alpha value is 0.557. The van der Waals surface area contributed by atoms with Crippen molar-refractivity contribution in [3.05, 3.63) is 0 Å². The zero-order valence-corrected chi connectivity index (χ0v) is 7.97. The van der Waals surface area contributed by atoms with Gasteiger partial charge in [0.1, 0.15) is 0 Å². The molecule has 0 aromatic carbocycles. The molecule has 0 amide bonds. The average molecular weight is 147 g/mol. The summed E-state index contributed by atoms with van der Waals surface area (Å²) >= 11 is 2.29. The van der Waals surface area contributed by atoms with Crippen LogP contribution in [0.3, 0.4) is 0 Å². The molecule has 1 heterocycles. The van der Waals surface area contributed by atoms with E-state index < -0.39 is 0 Å². The van der Waals surface area contributed by atoms with Gasteiger partial charge < -0.3 is 0 Å². The molecule has 1 atom stereocenters. The third-order valence-corrected chi connectivity index (χ3v) is 2.72. The van der Waals surface area contributed by atoms with Gasteiger partial charge in [-0.1, -0.05) is 0 Å². The Balaban J connectivity index is 2.13. The second-order valence-electron chi connectivity index (χ2n) is 3.87. The summed E-state index contributed by atoms with van der Waals surface area (Å²) in [6.45, 7) is 6.39. The molecule has 0 saturated carbocycles. The molecule has 0 spiro atoms. The monoisotopic (exact) mass is 147 g/mol. The summed E-state index contributed by atoms with van der Waals surface area (Å²) in [6, 6.07) is 0. The third-order valence-electron chi connectivity index (χ3n) is 2.72. The van der Waals surface area contributed by atoms with E-state index in [1.165, 1.54) is 44.0 Å². The second kappa shape index (κ2) is 5.25. The SMILES string of the molecule is [Li][CH2]C(C)CN1CCCCC1. The predicted molar refractivity (Wildman–Crippen MR) is 50.0 cm³/mol. The molecular formula is C9H18LiN. The maximum absolute atomic E-state index is 2.62. The van der Waals surface area contributed by atoms with Crippen molar-refractivity contribution in [3.63, 3.8) is 0 Å². The van der Waals surface area contributed by atoms with E-state index in [1.807, 2.05) is 0 Å². The topological polar surface area (TPSA) is 3.24 Å². The Morgan fingerprint density at radius 3 is 2.45 bits per heavy atom.